The second kappa shape index (κ2) is 8.32. The molecule has 0 spiro atoms. The fraction of sp³-hybridized carbons (Fsp3) is 0.0667. The number of carbonyl (C=O) groups excluding carboxylic acids is 2. The van der Waals surface area contributed by atoms with Crippen molar-refractivity contribution in [2.75, 3.05) is 5.75 Å². The Hall–Kier alpha value is -1.83. The number of hydrazine groups is 1. The Labute approximate surface area is 150 Å². The van der Waals surface area contributed by atoms with Crippen LogP contribution in [0.25, 0.3) is 0 Å². The summed E-state index contributed by atoms with van der Waals surface area (Å²) in [5.74, 6) is -3.69. The van der Waals surface area contributed by atoms with Crippen molar-refractivity contribution in [1.29, 1.82) is 0 Å². The predicted molar refractivity (Wildman–Crippen MR) is 89.2 cm³/mol. The van der Waals surface area contributed by atoms with Crippen molar-refractivity contribution in [3.05, 3.63) is 63.6 Å². The van der Waals surface area contributed by atoms with E-state index in [1.54, 1.807) is 24.3 Å². The maximum absolute atomic E-state index is 13.1. The number of amides is 2. The standard InChI is InChI=1S/C15H10Cl2F2N2O2S/c16-8-1-3-9(4-2-8)24-7-14(22)20-21-15(23)10-5-12(18)13(19)6-11(10)17/h1-6H,7H2,(H,20,22)(H,21,23). The molecule has 2 rings (SSSR count). The summed E-state index contributed by atoms with van der Waals surface area (Å²) in [4.78, 5) is 24.3. The minimum Gasteiger partial charge on any atom is -0.272 e. The van der Waals surface area contributed by atoms with Crippen LogP contribution < -0.4 is 10.9 Å². The quantitative estimate of drug-likeness (QED) is 0.473. The SMILES string of the molecule is O=C(CSc1ccc(Cl)cc1)NNC(=O)c1cc(F)c(F)cc1Cl. The highest BCUT2D eigenvalue weighted by Crippen LogP contribution is 2.21. The normalized spacial score (nSPS) is 10.3. The lowest BCUT2D eigenvalue weighted by Gasteiger charge is -2.09. The molecule has 0 aliphatic heterocycles. The lowest BCUT2D eigenvalue weighted by Crippen LogP contribution is -2.42. The summed E-state index contributed by atoms with van der Waals surface area (Å²) in [5, 5.41) is 0.315. The van der Waals surface area contributed by atoms with E-state index in [-0.39, 0.29) is 16.3 Å². The van der Waals surface area contributed by atoms with E-state index in [2.05, 4.69) is 10.9 Å². The average molecular weight is 391 g/mol. The molecule has 4 nitrogen and oxygen atoms in total. The van der Waals surface area contributed by atoms with Crippen molar-refractivity contribution in [2.24, 2.45) is 0 Å². The molecule has 0 unspecified atom stereocenters. The van der Waals surface area contributed by atoms with Gasteiger partial charge in [0.1, 0.15) is 0 Å². The first-order valence-electron chi connectivity index (χ1n) is 6.49. The summed E-state index contributed by atoms with van der Waals surface area (Å²) in [7, 11) is 0. The highest BCUT2D eigenvalue weighted by atomic mass is 35.5. The molecule has 0 fully saturated rings. The number of hydrogen-bond donors (Lipinski definition) is 2. The molecule has 0 aromatic heterocycles. The molecule has 126 valence electrons. The molecule has 2 amide bonds. The van der Waals surface area contributed by atoms with Gasteiger partial charge in [-0.15, -0.1) is 11.8 Å². The summed E-state index contributed by atoms with van der Waals surface area (Å²) < 4.78 is 26.1. The van der Waals surface area contributed by atoms with Crippen LogP contribution in [0.4, 0.5) is 8.78 Å². The number of thioether (sulfide) groups is 1. The first-order valence-corrected chi connectivity index (χ1v) is 8.23. The zero-order valence-corrected chi connectivity index (χ0v) is 14.2. The Morgan fingerprint density at radius 3 is 2.29 bits per heavy atom. The van der Waals surface area contributed by atoms with Crippen molar-refractivity contribution in [1.82, 2.24) is 10.9 Å². The third kappa shape index (κ3) is 5.09. The Bertz CT molecular complexity index is 773. The van der Waals surface area contributed by atoms with Crippen LogP contribution >= 0.6 is 35.0 Å². The third-order valence-corrected chi connectivity index (χ3v) is 4.33. The molecule has 0 saturated heterocycles. The van der Waals surface area contributed by atoms with Crippen molar-refractivity contribution < 1.29 is 18.4 Å². The summed E-state index contributed by atoms with van der Waals surface area (Å²) in [6, 6.07) is 8.22. The van der Waals surface area contributed by atoms with E-state index in [0.717, 1.165) is 4.90 Å². The van der Waals surface area contributed by atoms with Crippen LogP contribution in [0.1, 0.15) is 10.4 Å². The largest absolute Gasteiger partial charge is 0.272 e. The molecule has 9 heteroatoms. The molecule has 0 radical (unpaired) electrons. The van der Waals surface area contributed by atoms with Crippen molar-refractivity contribution in [3.63, 3.8) is 0 Å². The van der Waals surface area contributed by atoms with Crippen LogP contribution in [-0.2, 0) is 4.79 Å². The predicted octanol–water partition coefficient (Wildman–Crippen LogP) is 3.82. The fourth-order valence-corrected chi connectivity index (χ4v) is 2.67. The van der Waals surface area contributed by atoms with Gasteiger partial charge in [-0.2, -0.15) is 0 Å². The van der Waals surface area contributed by atoms with E-state index in [4.69, 9.17) is 23.2 Å². The van der Waals surface area contributed by atoms with Crippen LogP contribution in [0.15, 0.2) is 41.3 Å². The molecule has 0 aliphatic rings. The molecule has 24 heavy (non-hydrogen) atoms. The van der Waals surface area contributed by atoms with Crippen LogP contribution in [0.3, 0.4) is 0 Å². The third-order valence-electron chi connectivity index (χ3n) is 2.75. The second-order valence-electron chi connectivity index (χ2n) is 4.49. The van der Waals surface area contributed by atoms with Gasteiger partial charge < -0.3 is 0 Å². The van der Waals surface area contributed by atoms with E-state index >= 15 is 0 Å². The monoisotopic (exact) mass is 390 g/mol. The fourth-order valence-electron chi connectivity index (χ4n) is 1.61. The van der Waals surface area contributed by atoms with Crippen molar-refractivity contribution >= 4 is 46.8 Å². The molecule has 0 atom stereocenters. The zero-order chi connectivity index (χ0) is 17.7. The molecule has 0 saturated carbocycles. The number of benzene rings is 2. The van der Waals surface area contributed by atoms with Gasteiger partial charge in [0.2, 0.25) is 5.91 Å². The topological polar surface area (TPSA) is 58.2 Å². The van der Waals surface area contributed by atoms with Gasteiger partial charge in [0.15, 0.2) is 11.6 Å². The minimum atomic E-state index is -1.21. The Morgan fingerprint density at radius 2 is 1.62 bits per heavy atom. The number of carbonyl (C=O) groups is 2. The summed E-state index contributed by atoms with van der Waals surface area (Å²) in [6.45, 7) is 0. The summed E-state index contributed by atoms with van der Waals surface area (Å²) >= 11 is 12.7. The van der Waals surface area contributed by atoms with E-state index < -0.39 is 23.4 Å². The zero-order valence-electron chi connectivity index (χ0n) is 11.9. The molecule has 2 N–H and O–H groups in total. The van der Waals surface area contributed by atoms with E-state index in [1.807, 2.05) is 0 Å². The van der Waals surface area contributed by atoms with Gasteiger partial charge in [0.05, 0.1) is 16.3 Å². The van der Waals surface area contributed by atoms with Gasteiger partial charge in [-0.3, -0.25) is 20.4 Å². The van der Waals surface area contributed by atoms with Gasteiger partial charge in [-0.05, 0) is 36.4 Å². The number of hydrogen-bond acceptors (Lipinski definition) is 3. The molecule has 0 aliphatic carbocycles. The van der Waals surface area contributed by atoms with Gasteiger partial charge in [-0.25, -0.2) is 8.78 Å². The van der Waals surface area contributed by atoms with Crippen LogP contribution in [0.5, 0.6) is 0 Å². The van der Waals surface area contributed by atoms with E-state index in [1.165, 1.54) is 11.8 Å². The highest BCUT2D eigenvalue weighted by Gasteiger charge is 2.15. The van der Waals surface area contributed by atoms with Crippen molar-refractivity contribution in [3.8, 4) is 0 Å². The maximum Gasteiger partial charge on any atom is 0.271 e. The van der Waals surface area contributed by atoms with Gasteiger partial charge in [0, 0.05) is 9.92 Å². The van der Waals surface area contributed by atoms with Crippen LogP contribution in [0.2, 0.25) is 10.0 Å². The Kier molecular flexibility index (Phi) is 6.42. The summed E-state index contributed by atoms with van der Waals surface area (Å²) in [6.07, 6.45) is 0. The Morgan fingerprint density at radius 1 is 1.00 bits per heavy atom. The van der Waals surface area contributed by atoms with Gasteiger partial charge in [0.25, 0.3) is 5.91 Å². The van der Waals surface area contributed by atoms with Crippen LogP contribution in [0, 0.1) is 11.6 Å². The van der Waals surface area contributed by atoms with Gasteiger partial charge >= 0.3 is 0 Å². The first-order chi connectivity index (χ1) is 11.4. The van der Waals surface area contributed by atoms with E-state index in [9.17, 15) is 18.4 Å². The molecular weight excluding hydrogens is 381 g/mol. The smallest absolute Gasteiger partial charge is 0.271 e. The lowest BCUT2D eigenvalue weighted by atomic mass is 10.2. The minimum absolute atomic E-state index is 0.0351. The highest BCUT2D eigenvalue weighted by molar-refractivity contribution is 8.00. The molecule has 2 aromatic carbocycles. The average Bonchev–Trinajstić information content (AvgIpc) is 2.55. The number of rotatable bonds is 4. The number of halogens is 4. The van der Waals surface area contributed by atoms with Crippen molar-refractivity contribution in [2.45, 2.75) is 4.90 Å². The molecule has 2 aromatic rings. The van der Waals surface area contributed by atoms with Crippen LogP contribution in [-0.4, -0.2) is 17.6 Å². The number of nitrogens with one attached hydrogen (secondary N) is 2. The van der Waals surface area contributed by atoms with Gasteiger partial charge in [-0.1, -0.05) is 23.2 Å². The first kappa shape index (κ1) is 18.5. The molecule has 0 bridgehead atoms. The second-order valence-corrected chi connectivity index (χ2v) is 6.38. The Balaban J connectivity index is 1.86. The lowest BCUT2D eigenvalue weighted by molar-refractivity contribution is -0.119. The van der Waals surface area contributed by atoms with E-state index in [0.29, 0.717) is 17.2 Å². The molecule has 0 heterocycles. The summed E-state index contributed by atoms with van der Waals surface area (Å²) in [5.41, 5.74) is 3.96. The maximum atomic E-state index is 13.1. The molecular formula is C15H10Cl2F2N2O2S.